The zero-order valence-corrected chi connectivity index (χ0v) is 22.6. The lowest BCUT2D eigenvalue weighted by Crippen LogP contribution is -2.15. The van der Waals surface area contributed by atoms with Crippen LogP contribution in [0.4, 0.5) is 5.00 Å². The normalized spacial score (nSPS) is 14.7. The molecule has 36 heavy (non-hydrogen) atoms. The van der Waals surface area contributed by atoms with Gasteiger partial charge in [0, 0.05) is 11.4 Å². The van der Waals surface area contributed by atoms with Gasteiger partial charge in [-0.05, 0) is 56.2 Å². The van der Waals surface area contributed by atoms with Crippen LogP contribution in [-0.4, -0.2) is 26.4 Å². The van der Waals surface area contributed by atoms with Crippen LogP contribution < -0.4 is 10.1 Å². The van der Waals surface area contributed by atoms with E-state index in [1.807, 2.05) is 30.5 Å². The van der Waals surface area contributed by atoms with E-state index in [2.05, 4.69) is 41.2 Å². The molecule has 1 aliphatic rings. The van der Waals surface area contributed by atoms with Gasteiger partial charge in [0.15, 0.2) is 11.0 Å². The number of anilines is 1. The van der Waals surface area contributed by atoms with Crippen molar-refractivity contribution in [1.82, 2.24) is 14.8 Å². The Hall–Kier alpha value is -3.09. The summed E-state index contributed by atoms with van der Waals surface area (Å²) in [7, 11) is 0. The van der Waals surface area contributed by atoms with Crippen LogP contribution in [0.3, 0.4) is 0 Å². The van der Waals surface area contributed by atoms with Crippen LogP contribution in [0, 0.1) is 31.1 Å². The zero-order valence-electron chi connectivity index (χ0n) is 21.0. The average Bonchev–Trinajstić information content (AvgIpc) is 3.41. The number of carbonyl (C=O) groups excluding carboxylic acids is 1. The number of nitrogens with one attached hydrogen (secondary N) is 1. The highest BCUT2D eigenvalue weighted by Gasteiger charge is 2.26. The molecule has 0 fully saturated rings. The fourth-order valence-electron chi connectivity index (χ4n) is 4.45. The monoisotopic (exact) mass is 521 g/mol. The molecule has 0 spiro atoms. The number of nitriles is 1. The smallest absolute Gasteiger partial charge is 0.235 e. The van der Waals surface area contributed by atoms with E-state index in [4.69, 9.17) is 4.74 Å². The van der Waals surface area contributed by atoms with E-state index in [1.54, 1.807) is 17.4 Å². The van der Waals surface area contributed by atoms with E-state index >= 15 is 0 Å². The second-order valence-corrected chi connectivity index (χ2v) is 11.1. The van der Waals surface area contributed by atoms with Crippen LogP contribution in [0.25, 0.3) is 0 Å². The Bertz CT molecular complexity index is 1300. The number of benzene rings is 1. The molecule has 0 saturated heterocycles. The minimum absolute atomic E-state index is 0.164. The third-order valence-electron chi connectivity index (χ3n) is 6.43. The van der Waals surface area contributed by atoms with Gasteiger partial charge in [0.2, 0.25) is 5.91 Å². The molecule has 1 atom stereocenters. The molecule has 188 valence electrons. The van der Waals surface area contributed by atoms with Gasteiger partial charge in [-0.1, -0.05) is 48.9 Å². The number of aromatic nitrogens is 3. The lowest BCUT2D eigenvalue weighted by Gasteiger charge is -2.20. The number of thiophene rings is 1. The van der Waals surface area contributed by atoms with Crippen molar-refractivity contribution in [3.05, 3.63) is 63.8 Å². The molecule has 9 heteroatoms. The fraction of sp³-hybridized carbons (Fsp3) is 0.407. The molecule has 1 N–H and O–H groups in total. The van der Waals surface area contributed by atoms with E-state index in [1.165, 1.54) is 22.2 Å². The predicted octanol–water partition coefficient (Wildman–Crippen LogP) is 5.84. The lowest BCUT2D eigenvalue weighted by molar-refractivity contribution is -0.113. The van der Waals surface area contributed by atoms with Crippen molar-refractivity contribution < 1.29 is 9.53 Å². The van der Waals surface area contributed by atoms with Crippen LogP contribution in [-0.2, 0) is 30.8 Å². The van der Waals surface area contributed by atoms with Crippen molar-refractivity contribution in [3.8, 4) is 11.8 Å². The molecule has 1 aliphatic carbocycles. The maximum absolute atomic E-state index is 12.8. The summed E-state index contributed by atoms with van der Waals surface area (Å²) in [4.78, 5) is 14.0. The van der Waals surface area contributed by atoms with Crippen molar-refractivity contribution >= 4 is 34.0 Å². The van der Waals surface area contributed by atoms with Gasteiger partial charge in [-0.15, -0.1) is 28.1 Å². The Balaban J connectivity index is 1.40. The van der Waals surface area contributed by atoms with Crippen LogP contribution in [0.1, 0.15) is 52.7 Å². The minimum atomic E-state index is -0.164. The SMILES string of the molecule is C=CCn1c(COc2ccc(C)cc2C)nnc1SCC(=O)Nc1sc2c(c1C#N)CCC(CC)C2. The van der Waals surface area contributed by atoms with E-state index in [0.29, 0.717) is 34.0 Å². The van der Waals surface area contributed by atoms with Crippen molar-refractivity contribution in [2.75, 3.05) is 11.1 Å². The number of thioether (sulfide) groups is 1. The second-order valence-electron chi connectivity index (χ2n) is 9.03. The van der Waals surface area contributed by atoms with Gasteiger partial charge in [0.05, 0.1) is 11.3 Å². The number of nitrogens with zero attached hydrogens (tertiary/aromatic N) is 4. The number of aryl methyl sites for hydroxylation is 2. The summed E-state index contributed by atoms with van der Waals surface area (Å²) in [6.07, 6.45) is 5.92. The molecule has 0 aliphatic heterocycles. The average molecular weight is 522 g/mol. The highest BCUT2D eigenvalue weighted by Crippen LogP contribution is 2.40. The molecular formula is C27H31N5O2S2. The van der Waals surface area contributed by atoms with Gasteiger partial charge in [-0.2, -0.15) is 5.26 Å². The first-order valence-corrected chi connectivity index (χ1v) is 13.9. The Morgan fingerprint density at radius 2 is 2.25 bits per heavy atom. The summed E-state index contributed by atoms with van der Waals surface area (Å²) in [5, 5.41) is 22.6. The molecular weight excluding hydrogens is 490 g/mol. The molecule has 0 saturated carbocycles. The largest absolute Gasteiger partial charge is 0.485 e. The van der Waals surface area contributed by atoms with E-state index in [9.17, 15) is 10.1 Å². The van der Waals surface area contributed by atoms with Crippen LogP contribution in [0.15, 0.2) is 36.0 Å². The number of allylic oxidation sites excluding steroid dienone is 1. The Morgan fingerprint density at radius 1 is 1.42 bits per heavy atom. The topological polar surface area (TPSA) is 92.8 Å². The van der Waals surface area contributed by atoms with Gasteiger partial charge < -0.3 is 10.1 Å². The van der Waals surface area contributed by atoms with Gasteiger partial charge in [-0.3, -0.25) is 9.36 Å². The molecule has 2 aromatic heterocycles. The first-order valence-electron chi connectivity index (χ1n) is 12.1. The quantitative estimate of drug-likeness (QED) is 0.266. The molecule has 1 amide bonds. The van der Waals surface area contributed by atoms with Crippen LogP contribution >= 0.6 is 23.1 Å². The summed E-state index contributed by atoms with van der Waals surface area (Å²) in [5.74, 6) is 2.13. The van der Waals surface area contributed by atoms with Crippen molar-refractivity contribution in [2.24, 2.45) is 5.92 Å². The third kappa shape index (κ3) is 5.82. The van der Waals surface area contributed by atoms with E-state index in [-0.39, 0.29) is 18.3 Å². The van der Waals surface area contributed by atoms with Crippen molar-refractivity contribution in [3.63, 3.8) is 0 Å². The number of ether oxygens (including phenoxy) is 1. The first kappa shape index (κ1) is 26.0. The summed E-state index contributed by atoms with van der Waals surface area (Å²) in [5.41, 5.74) is 3.99. The first-order chi connectivity index (χ1) is 17.4. The minimum Gasteiger partial charge on any atom is -0.485 e. The molecule has 2 heterocycles. The van der Waals surface area contributed by atoms with Crippen LogP contribution in [0.2, 0.25) is 0 Å². The van der Waals surface area contributed by atoms with Gasteiger partial charge >= 0.3 is 0 Å². The summed E-state index contributed by atoms with van der Waals surface area (Å²) >= 11 is 2.86. The summed E-state index contributed by atoms with van der Waals surface area (Å²) in [6.45, 7) is 10.9. The van der Waals surface area contributed by atoms with Crippen molar-refractivity contribution in [1.29, 1.82) is 5.26 Å². The number of carbonyl (C=O) groups is 1. The highest BCUT2D eigenvalue weighted by atomic mass is 32.2. The van der Waals surface area contributed by atoms with E-state index < -0.39 is 0 Å². The number of hydrogen-bond donors (Lipinski definition) is 1. The van der Waals surface area contributed by atoms with Crippen molar-refractivity contribution in [2.45, 2.75) is 64.8 Å². The summed E-state index contributed by atoms with van der Waals surface area (Å²) < 4.78 is 7.89. The number of hydrogen-bond acceptors (Lipinski definition) is 7. The maximum atomic E-state index is 12.8. The second kappa shape index (κ2) is 11.8. The number of amides is 1. The van der Waals surface area contributed by atoms with Gasteiger partial charge in [-0.25, -0.2) is 0 Å². The highest BCUT2D eigenvalue weighted by molar-refractivity contribution is 7.99. The molecule has 3 aromatic rings. The fourth-order valence-corrected chi connectivity index (χ4v) is 6.55. The molecule has 0 radical (unpaired) electrons. The Kier molecular flexibility index (Phi) is 8.49. The zero-order chi connectivity index (χ0) is 25.7. The lowest BCUT2D eigenvalue weighted by atomic mass is 9.86. The predicted molar refractivity (Wildman–Crippen MR) is 145 cm³/mol. The Labute approximate surface area is 220 Å². The number of rotatable bonds is 10. The van der Waals surface area contributed by atoms with Crippen LogP contribution in [0.5, 0.6) is 5.75 Å². The third-order valence-corrected chi connectivity index (χ3v) is 8.57. The number of fused-ring (bicyclic) bond motifs is 1. The Morgan fingerprint density at radius 3 is 2.97 bits per heavy atom. The molecule has 7 nitrogen and oxygen atoms in total. The molecule has 0 bridgehead atoms. The standard InChI is InChI=1S/C27H31N5O2S2/c1-5-11-32-24(15-34-22-10-7-17(3)12-18(22)4)30-31-27(32)35-16-25(33)29-26-21(14-28)20-9-8-19(6-2)13-23(20)36-26/h5,7,10,12,19H,1,6,8-9,11,13,15-16H2,2-4H3,(H,29,33). The van der Waals surface area contributed by atoms with Gasteiger partial charge in [0.25, 0.3) is 0 Å². The maximum Gasteiger partial charge on any atom is 0.235 e. The molecule has 1 aromatic carbocycles. The summed E-state index contributed by atoms with van der Waals surface area (Å²) in [6, 6.07) is 8.37. The molecule has 4 rings (SSSR count). The molecule has 1 unspecified atom stereocenters. The van der Waals surface area contributed by atoms with E-state index in [0.717, 1.165) is 42.6 Å². The van der Waals surface area contributed by atoms with Gasteiger partial charge in [0.1, 0.15) is 23.4 Å².